The molecule has 1 atom stereocenters. The maximum atomic E-state index is 14.1. The second-order valence-corrected chi connectivity index (χ2v) is 6.54. The summed E-state index contributed by atoms with van der Waals surface area (Å²) in [6.45, 7) is -0.00344. The maximum Gasteiger partial charge on any atom is 0.431 e. The molecule has 6 nitrogen and oxygen atoms in total. The largest absolute Gasteiger partial charge is 0.493 e. The fraction of sp³-hybridized carbons (Fsp3) is 0.333. The molecule has 0 saturated carbocycles. The Morgan fingerprint density at radius 3 is 2.23 bits per heavy atom. The van der Waals surface area contributed by atoms with Crippen LogP contribution in [0, 0.1) is 0 Å². The molecule has 9 heteroatoms. The van der Waals surface area contributed by atoms with E-state index in [9.17, 15) is 18.0 Å². The molecule has 0 N–H and O–H groups in total. The van der Waals surface area contributed by atoms with Crippen molar-refractivity contribution in [3.63, 3.8) is 0 Å². The number of hydrogen-bond donors (Lipinski definition) is 0. The molecule has 0 spiro atoms. The van der Waals surface area contributed by atoms with Gasteiger partial charge in [-0.15, -0.1) is 0 Å². The summed E-state index contributed by atoms with van der Waals surface area (Å²) in [4.78, 5) is 13.1. The van der Waals surface area contributed by atoms with Gasteiger partial charge < -0.3 is 14.2 Å². The van der Waals surface area contributed by atoms with E-state index in [1.165, 1.54) is 38.5 Å². The number of carbonyl (C=O) groups is 1. The van der Waals surface area contributed by atoms with E-state index in [4.69, 9.17) is 14.2 Å². The zero-order valence-electron chi connectivity index (χ0n) is 16.7. The number of hydrogen-bond acceptors (Lipinski definition) is 5. The number of ether oxygens (including phenoxy) is 3. The number of alkyl halides is 3. The molecule has 1 aliphatic rings. The van der Waals surface area contributed by atoms with Gasteiger partial charge in [0.05, 0.1) is 26.5 Å². The van der Waals surface area contributed by atoms with Crippen LogP contribution in [0.15, 0.2) is 53.6 Å². The molecule has 0 aromatic heterocycles. The van der Waals surface area contributed by atoms with Gasteiger partial charge in [0, 0.05) is 24.7 Å². The Hall–Kier alpha value is -3.07. The third-order valence-electron chi connectivity index (χ3n) is 4.94. The summed E-state index contributed by atoms with van der Waals surface area (Å²) >= 11 is 0. The zero-order chi connectivity index (χ0) is 21.9. The van der Waals surface area contributed by atoms with E-state index in [1.807, 2.05) is 0 Å². The Labute approximate surface area is 171 Å². The van der Waals surface area contributed by atoms with Crippen molar-refractivity contribution >= 4 is 11.6 Å². The van der Waals surface area contributed by atoms with E-state index in [0.29, 0.717) is 22.8 Å². The number of rotatable bonds is 6. The van der Waals surface area contributed by atoms with Gasteiger partial charge in [0.2, 0.25) is 0 Å². The molecule has 3 rings (SSSR count). The molecule has 0 radical (unpaired) electrons. The second kappa shape index (κ2) is 8.35. The Balaban J connectivity index is 1.99. The maximum absolute atomic E-state index is 14.1. The van der Waals surface area contributed by atoms with E-state index in [1.54, 1.807) is 24.3 Å². The van der Waals surface area contributed by atoms with Crippen molar-refractivity contribution in [1.82, 2.24) is 5.01 Å². The van der Waals surface area contributed by atoms with Crippen LogP contribution in [0.3, 0.4) is 0 Å². The lowest BCUT2D eigenvalue weighted by Gasteiger charge is -2.35. The Morgan fingerprint density at radius 1 is 1.00 bits per heavy atom. The van der Waals surface area contributed by atoms with E-state index < -0.39 is 17.7 Å². The summed E-state index contributed by atoms with van der Waals surface area (Å²) in [6, 6.07) is 11.9. The molecule has 0 saturated heterocycles. The van der Waals surface area contributed by atoms with Gasteiger partial charge >= 0.3 is 6.18 Å². The minimum atomic E-state index is -4.98. The van der Waals surface area contributed by atoms with Crippen molar-refractivity contribution in [3.05, 3.63) is 59.7 Å². The van der Waals surface area contributed by atoms with Crippen LogP contribution in [0.1, 0.15) is 17.5 Å². The van der Waals surface area contributed by atoms with Gasteiger partial charge in [-0.25, -0.2) is 5.01 Å². The average Bonchev–Trinajstić information content (AvgIpc) is 3.24. The lowest BCUT2D eigenvalue weighted by Crippen LogP contribution is -2.55. The highest BCUT2D eigenvalue weighted by Gasteiger charge is 2.64. The highest BCUT2D eigenvalue weighted by atomic mass is 19.4. The second-order valence-electron chi connectivity index (χ2n) is 6.54. The van der Waals surface area contributed by atoms with Crippen LogP contribution in [0.4, 0.5) is 13.2 Å². The number of carbonyl (C=O) groups excluding carboxylic acids is 1. The minimum absolute atomic E-state index is 0.00344. The van der Waals surface area contributed by atoms with E-state index in [0.717, 1.165) is 12.1 Å². The van der Waals surface area contributed by atoms with Crippen LogP contribution in [-0.4, -0.2) is 50.7 Å². The third-order valence-corrected chi connectivity index (χ3v) is 4.94. The molecular weight excluding hydrogens is 401 g/mol. The van der Waals surface area contributed by atoms with Crippen molar-refractivity contribution in [2.75, 3.05) is 27.9 Å². The first-order valence-electron chi connectivity index (χ1n) is 9.07. The smallest absolute Gasteiger partial charge is 0.431 e. The van der Waals surface area contributed by atoms with Crippen LogP contribution < -0.4 is 9.47 Å². The number of amides is 1. The lowest BCUT2D eigenvalue weighted by atomic mass is 9.91. The highest BCUT2D eigenvalue weighted by Crippen LogP contribution is 2.44. The molecular formula is C21H21F3N2O4. The van der Waals surface area contributed by atoms with Gasteiger partial charge in [-0.1, -0.05) is 30.3 Å². The van der Waals surface area contributed by atoms with Crippen LogP contribution in [0.2, 0.25) is 0 Å². The summed E-state index contributed by atoms with van der Waals surface area (Å²) in [5.74, 6) is -0.334. The number of nitrogens with zero attached hydrogens (tertiary/aromatic N) is 2. The molecule has 160 valence electrons. The monoisotopic (exact) mass is 422 g/mol. The minimum Gasteiger partial charge on any atom is -0.493 e. The van der Waals surface area contributed by atoms with Crippen LogP contribution in [0.25, 0.3) is 0 Å². The number of methoxy groups -OCH3 is 3. The number of halogens is 3. The first-order chi connectivity index (χ1) is 14.3. The number of hydrazone groups is 1. The molecule has 0 unspecified atom stereocenters. The first kappa shape index (κ1) is 21.6. The highest BCUT2D eigenvalue weighted by molar-refractivity contribution is 6.03. The summed E-state index contributed by atoms with van der Waals surface area (Å²) < 4.78 is 57.6. The van der Waals surface area contributed by atoms with Crippen molar-refractivity contribution in [1.29, 1.82) is 0 Å². The van der Waals surface area contributed by atoms with Crippen LogP contribution in [0.5, 0.6) is 11.5 Å². The molecule has 2 aromatic rings. The van der Waals surface area contributed by atoms with E-state index >= 15 is 0 Å². The molecule has 1 aliphatic heterocycles. The lowest BCUT2D eigenvalue weighted by molar-refractivity contribution is -0.270. The fourth-order valence-corrected chi connectivity index (χ4v) is 3.41. The quantitative estimate of drug-likeness (QED) is 0.712. The fourth-order valence-electron chi connectivity index (χ4n) is 3.41. The summed E-state index contributed by atoms with van der Waals surface area (Å²) in [7, 11) is 3.84. The molecule has 1 heterocycles. The van der Waals surface area contributed by atoms with E-state index in [2.05, 4.69) is 5.10 Å². The van der Waals surface area contributed by atoms with Crippen molar-refractivity contribution in [2.24, 2.45) is 5.10 Å². The Bertz CT molecular complexity index is 947. The number of benzene rings is 2. The van der Waals surface area contributed by atoms with Gasteiger partial charge in [-0.3, -0.25) is 4.79 Å². The van der Waals surface area contributed by atoms with Crippen molar-refractivity contribution < 1.29 is 32.2 Å². The van der Waals surface area contributed by atoms with Gasteiger partial charge in [-0.05, 0) is 18.2 Å². The summed E-state index contributed by atoms with van der Waals surface area (Å²) in [6.07, 6.45) is -4.70. The first-order valence-corrected chi connectivity index (χ1v) is 9.07. The topological polar surface area (TPSA) is 60.4 Å². The van der Waals surface area contributed by atoms with Crippen molar-refractivity contribution in [3.8, 4) is 11.5 Å². The third kappa shape index (κ3) is 3.60. The van der Waals surface area contributed by atoms with Crippen molar-refractivity contribution in [2.45, 2.75) is 18.2 Å². The average molecular weight is 422 g/mol. The van der Waals surface area contributed by atoms with Crippen LogP contribution >= 0.6 is 0 Å². The molecule has 0 aliphatic carbocycles. The Morgan fingerprint density at radius 2 is 1.67 bits per heavy atom. The predicted molar refractivity (Wildman–Crippen MR) is 104 cm³/mol. The predicted octanol–water partition coefficient (Wildman–Crippen LogP) is 3.74. The Kier molecular flexibility index (Phi) is 6.02. The SMILES string of the molecule is COc1ccc(C2=NN(C(=O)[C@](OC)(c3ccccc3)C(F)(F)F)CC2)cc1OC. The zero-order valence-corrected chi connectivity index (χ0v) is 16.7. The van der Waals surface area contributed by atoms with Gasteiger partial charge in [0.25, 0.3) is 11.5 Å². The molecule has 1 amide bonds. The van der Waals surface area contributed by atoms with Gasteiger partial charge in [0.15, 0.2) is 11.5 Å². The van der Waals surface area contributed by atoms with E-state index in [-0.39, 0.29) is 18.5 Å². The molecule has 2 aromatic carbocycles. The summed E-state index contributed by atoms with van der Waals surface area (Å²) in [5.41, 5.74) is -2.37. The molecule has 0 fully saturated rings. The van der Waals surface area contributed by atoms with Gasteiger partial charge in [0.1, 0.15) is 0 Å². The molecule has 30 heavy (non-hydrogen) atoms. The van der Waals surface area contributed by atoms with Gasteiger partial charge in [-0.2, -0.15) is 18.3 Å². The molecule has 0 bridgehead atoms. The normalized spacial score (nSPS) is 16.1. The standard InChI is InChI=1S/C21H21F3N2O4/c1-28-17-10-9-14(13-18(17)29-2)16-11-12-26(25-16)19(27)20(30-3,21(22,23)24)15-7-5-4-6-8-15/h4-10,13H,11-12H2,1-3H3/t20-/m1/s1. The van der Waals surface area contributed by atoms with Crippen LogP contribution in [-0.2, 0) is 15.1 Å². The summed E-state index contributed by atoms with van der Waals surface area (Å²) in [5, 5.41) is 4.98.